The zero-order valence-corrected chi connectivity index (χ0v) is 20.6. The van der Waals surface area contributed by atoms with E-state index >= 15 is 4.39 Å². The quantitative estimate of drug-likeness (QED) is 0.417. The molecule has 1 aliphatic rings. The highest BCUT2D eigenvalue weighted by atomic mass is 32.2. The van der Waals surface area contributed by atoms with Gasteiger partial charge in [0.2, 0.25) is 16.0 Å². The fourth-order valence-electron chi connectivity index (χ4n) is 4.68. The van der Waals surface area contributed by atoms with Gasteiger partial charge in [0.15, 0.2) is 5.65 Å². The van der Waals surface area contributed by atoms with Gasteiger partial charge in [0, 0.05) is 11.6 Å². The Hall–Kier alpha value is -3.86. The molecule has 0 spiro atoms. The van der Waals surface area contributed by atoms with Crippen molar-refractivity contribution in [2.75, 3.05) is 10.5 Å². The largest absolute Gasteiger partial charge is 0.368 e. The number of halogens is 1. The molecule has 2 heterocycles. The summed E-state index contributed by atoms with van der Waals surface area (Å²) in [7, 11) is -3.91. The molecule has 0 fully saturated rings. The molecule has 5 rings (SSSR count). The van der Waals surface area contributed by atoms with Crippen LogP contribution in [0.5, 0.6) is 0 Å². The van der Waals surface area contributed by atoms with E-state index in [0.29, 0.717) is 11.9 Å². The van der Waals surface area contributed by atoms with Gasteiger partial charge < -0.3 is 5.73 Å². The lowest BCUT2D eigenvalue weighted by atomic mass is 9.91. The highest BCUT2D eigenvalue weighted by Crippen LogP contribution is 2.36. The van der Waals surface area contributed by atoms with Crippen LogP contribution < -0.4 is 16.0 Å². The van der Waals surface area contributed by atoms with E-state index in [9.17, 15) is 13.2 Å². The Morgan fingerprint density at radius 3 is 2.69 bits per heavy atom. The topological polar surface area (TPSA) is 133 Å². The number of fused-ring (bicyclic) bond motifs is 2. The number of hydrogen-bond acceptors (Lipinski definition) is 7. The Morgan fingerprint density at radius 2 is 1.94 bits per heavy atom. The van der Waals surface area contributed by atoms with Gasteiger partial charge in [-0.3, -0.25) is 14.1 Å². The maximum atomic E-state index is 15.2. The van der Waals surface area contributed by atoms with Crippen molar-refractivity contribution in [2.45, 2.75) is 44.4 Å². The summed E-state index contributed by atoms with van der Waals surface area (Å²) in [5.74, 6) is -0.805. The van der Waals surface area contributed by atoms with E-state index in [1.165, 1.54) is 22.9 Å². The van der Waals surface area contributed by atoms with E-state index in [-0.39, 0.29) is 34.6 Å². The second-order valence-corrected chi connectivity index (χ2v) is 11.0. The van der Waals surface area contributed by atoms with E-state index in [1.54, 1.807) is 6.07 Å². The first-order valence-electron chi connectivity index (χ1n) is 11.6. The number of anilines is 2. The third-order valence-corrected chi connectivity index (χ3v) is 8.09. The Labute approximate surface area is 207 Å². The van der Waals surface area contributed by atoms with E-state index in [2.05, 4.69) is 19.7 Å². The van der Waals surface area contributed by atoms with Gasteiger partial charge in [-0.25, -0.2) is 22.8 Å². The van der Waals surface area contributed by atoms with Gasteiger partial charge in [0.05, 0.1) is 11.9 Å². The average Bonchev–Trinajstić information content (AvgIpc) is 2.84. The first-order chi connectivity index (χ1) is 17.2. The first kappa shape index (κ1) is 23.9. The van der Waals surface area contributed by atoms with Crippen LogP contribution in [-0.2, 0) is 16.4 Å². The molecule has 0 saturated carbocycles. The Bertz CT molecular complexity index is 1650. The first-order valence-corrected chi connectivity index (χ1v) is 13.1. The minimum Gasteiger partial charge on any atom is -0.368 e. The van der Waals surface area contributed by atoms with Crippen molar-refractivity contribution in [3.05, 3.63) is 76.0 Å². The molecular formula is C25H25FN6O3S. The van der Waals surface area contributed by atoms with Gasteiger partial charge in [-0.05, 0) is 56.4 Å². The Kier molecular flexibility index (Phi) is 5.95. The predicted octanol–water partition coefficient (Wildman–Crippen LogP) is 3.98. The van der Waals surface area contributed by atoms with Crippen molar-refractivity contribution in [3.63, 3.8) is 0 Å². The summed E-state index contributed by atoms with van der Waals surface area (Å²) < 4.78 is 45.4. The van der Waals surface area contributed by atoms with Gasteiger partial charge in [-0.1, -0.05) is 30.3 Å². The molecule has 1 atom stereocenters. The number of aryl methyl sites for hydroxylation is 1. The van der Waals surface area contributed by atoms with Gasteiger partial charge in [-0.15, -0.1) is 0 Å². The molecule has 0 radical (unpaired) electrons. The van der Waals surface area contributed by atoms with Crippen LogP contribution in [0.25, 0.3) is 22.4 Å². The highest BCUT2D eigenvalue weighted by Gasteiger charge is 2.32. The maximum absolute atomic E-state index is 15.2. The van der Waals surface area contributed by atoms with Crippen molar-refractivity contribution < 1.29 is 12.8 Å². The summed E-state index contributed by atoms with van der Waals surface area (Å²) in [5.41, 5.74) is 7.57. The summed E-state index contributed by atoms with van der Waals surface area (Å²) in [5, 5.41) is -0.769. The molecule has 36 heavy (non-hydrogen) atoms. The van der Waals surface area contributed by atoms with Crippen molar-refractivity contribution in [3.8, 4) is 11.3 Å². The van der Waals surface area contributed by atoms with Gasteiger partial charge in [0.25, 0.3) is 5.56 Å². The lowest BCUT2D eigenvalue weighted by Gasteiger charge is -2.26. The van der Waals surface area contributed by atoms with Crippen LogP contribution in [-0.4, -0.2) is 27.9 Å². The van der Waals surface area contributed by atoms with Crippen molar-refractivity contribution in [1.29, 1.82) is 0 Å². The van der Waals surface area contributed by atoms with Crippen LogP contribution in [0.1, 0.15) is 49.1 Å². The molecule has 1 aliphatic carbocycles. The van der Waals surface area contributed by atoms with Crippen LogP contribution >= 0.6 is 0 Å². The second-order valence-electron chi connectivity index (χ2n) is 9.09. The zero-order chi connectivity index (χ0) is 25.6. The van der Waals surface area contributed by atoms with Crippen LogP contribution in [0.15, 0.2) is 53.5 Å². The lowest BCUT2D eigenvalue weighted by Crippen LogP contribution is -2.26. The number of benzene rings is 2. The molecule has 4 aromatic rings. The van der Waals surface area contributed by atoms with Gasteiger partial charge in [-0.2, -0.15) is 4.98 Å². The minimum absolute atomic E-state index is 0.000846. The number of nitrogens with one attached hydrogen (secondary N) is 1. The van der Waals surface area contributed by atoms with Crippen LogP contribution in [0, 0.1) is 5.82 Å². The predicted molar refractivity (Wildman–Crippen MR) is 136 cm³/mol. The van der Waals surface area contributed by atoms with E-state index in [1.807, 2.05) is 32.0 Å². The third kappa shape index (κ3) is 4.19. The normalized spacial score (nSPS) is 15.7. The molecule has 0 amide bonds. The summed E-state index contributed by atoms with van der Waals surface area (Å²) in [6.07, 6.45) is 3.40. The van der Waals surface area contributed by atoms with E-state index in [0.717, 1.165) is 30.0 Å². The minimum atomic E-state index is -3.91. The molecule has 1 unspecified atom stereocenters. The second kappa shape index (κ2) is 8.98. The highest BCUT2D eigenvalue weighted by molar-refractivity contribution is 7.93. The van der Waals surface area contributed by atoms with E-state index in [4.69, 9.17) is 5.73 Å². The number of aromatic nitrogens is 4. The lowest BCUT2D eigenvalue weighted by molar-refractivity contribution is 0.564. The van der Waals surface area contributed by atoms with E-state index < -0.39 is 26.6 Å². The molecule has 0 bridgehead atoms. The SMILES string of the molecule is CC(C)n1c(=O)c(-c2ccc(NS(=O)(=O)C3CCCc4ccccc43)c(F)c2)nc2cnc(N)nc21. The van der Waals surface area contributed by atoms with Crippen LogP contribution in [0.3, 0.4) is 0 Å². The maximum Gasteiger partial charge on any atom is 0.278 e. The Morgan fingerprint density at radius 1 is 1.17 bits per heavy atom. The zero-order valence-electron chi connectivity index (χ0n) is 19.8. The number of rotatable bonds is 5. The number of hydrogen-bond donors (Lipinski definition) is 2. The Balaban J connectivity index is 1.52. The van der Waals surface area contributed by atoms with Crippen LogP contribution in [0.2, 0.25) is 0 Å². The van der Waals surface area contributed by atoms with Crippen molar-refractivity contribution >= 4 is 32.8 Å². The molecule has 186 valence electrons. The molecule has 2 aromatic heterocycles. The standard InChI is InChI=1S/C25H25FN6O3S/c1-14(2)32-23-20(13-28-25(27)30-23)29-22(24(32)33)16-10-11-19(18(26)12-16)31-36(34,35)21-9-5-7-15-6-3-4-8-17(15)21/h3-4,6,8,10-14,21,31H,5,7,9H2,1-2H3,(H2,27,28,30). The summed E-state index contributed by atoms with van der Waals surface area (Å²) >= 11 is 0. The van der Waals surface area contributed by atoms with Crippen LogP contribution in [0.4, 0.5) is 16.0 Å². The number of sulfonamides is 1. The molecule has 9 nitrogen and oxygen atoms in total. The fraction of sp³-hybridized carbons (Fsp3) is 0.280. The number of nitrogens with two attached hydrogens (primary N) is 1. The van der Waals surface area contributed by atoms with Gasteiger partial charge >= 0.3 is 0 Å². The van der Waals surface area contributed by atoms with Crippen molar-refractivity contribution in [2.24, 2.45) is 0 Å². The smallest absolute Gasteiger partial charge is 0.278 e. The molecule has 11 heteroatoms. The number of nitrogens with zero attached hydrogens (tertiary/aromatic N) is 4. The van der Waals surface area contributed by atoms with Crippen molar-refractivity contribution in [1.82, 2.24) is 19.5 Å². The molecule has 0 saturated heterocycles. The third-order valence-electron chi connectivity index (χ3n) is 6.35. The molecule has 2 aromatic carbocycles. The van der Waals surface area contributed by atoms with Gasteiger partial charge in [0.1, 0.15) is 22.3 Å². The average molecular weight is 509 g/mol. The number of nitrogen functional groups attached to an aromatic ring is 1. The molecular weight excluding hydrogens is 483 g/mol. The molecule has 3 N–H and O–H groups in total. The summed E-state index contributed by atoms with van der Waals surface area (Å²) in [4.78, 5) is 25.7. The summed E-state index contributed by atoms with van der Waals surface area (Å²) in [6, 6.07) is 11.0. The molecule has 0 aliphatic heterocycles. The monoisotopic (exact) mass is 508 g/mol. The fourth-order valence-corrected chi connectivity index (χ4v) is 6.34. The summed E-state index contributed by atoms with van der Waals surface area (Å²) in [6.45, 7) is 3.62.